The highest BCUT2D eigenvalue weighted by Crippen LogP contribution is 2.44. The fraction of sp³-hybridized carbons (Fsp3) is 0.100. The fourth-order valence-corrected chi connectivity index (χ4v) is 4.48. The van der Waals surface area contributed by atoms with Crippen molar-refractivity contribution < 1.29 is 13.9 Å². The maximum atomic E-state index is 13.5. The molecule has 0 aliphatic carbocycles. The number of allylic oxidation sites excluding steroid dienone is 1. The zero-order valence-electron chi connectivity index (χ0n) is 18.9. The zero-order valence-corrected chi connectivity index (χ0v) is 18.9. The lowest BCUT2D eigenvalue weighted by Crippen LogP contribution is -2.01. The average molecular weight is 433 g/mol. The molecule has 3 heteroatoms. The quantitative estimate of drug-likeness (QED) is 0.210. The Morgan fingerprint density at radius 2 is 1.55 bits per heavy atom. The summed E-state index contributed by atoms with van der Waals surface area (Å²) in [7, 11) is 1.61. The van der Waals surface area contributed by atoms with Crippen LogP contribution in [0.3, 0.4) is 0 Å². The average Bonchev–Trinajstić information content (AvgIpc) is 3.21. The second-order valence-corrected chi connectivity index (χ2v) is 8.17. The molecule has 0 aliphatic rings. The molecule has 4 aromatic carbocycles. The molecule has 0 N–H and O–H groups in total. The van der Waals surface area contributed by atoms with Crippen LogP contribution in [-0.2, 0) is 0 Å². The van der Waals surface area contributed by atoms with E-state index in [1.807, 2.05) is 92.7 Å². The molecule has 0 unspecified atom stereocenters. The lowest BCUT2D eigenvalue weighted by molar-refractivity contribution is 0.104. The number of methoxy groups -OCH3 is 1. The number of furan rings is 1. The Bertz CT molecular complexity index is 1500. The first kappa shape index (κ1) is 20.8. The Morgan fingerprint density at radius 3 is 2.27 bits per heavy atom. The second-order valence-electron chi connectivity index (χ2n) is 8.17. The predicted octanol–water partition coefficient (Wildman–Crippen LogP) is 7.77. The highest BCUT2D eigenvalue weighted by molar-refractivity contribution is 6.19. The van der Waals surface area contributed by atoms with Crippen LogP contribution >= 0.6 is 0 Å². The van der Waals surface area contributed by atoms with Gasteiger partial charge < -0.3 is 9.15 Å². The third-order valence-corrected chi connectivity index (χ3v) is 6.10. The smallest absolute Gasteiger partial charge is 0.189 e. The molecule has 0 spiro atoms. The van der Waals surface area contributed by atoms with Crippen molar-refractivity contribution in [3.8, 4) is 16.9 Å². The van der Waals surface area contributed by atoms with Gasteiger partial charge in [-0.05, 0) is 54.3 Å². The van der Waals surface area contributed by atoms with Gasteiger partial charge in [0.2, 0.25) is 0 Å². The van der Waals surface area contributed by atoms with E-state index in [2.05, 4.69) is 0 Å². The van der Waals surface area contributed by atoms with Gasteiger partial charge in [-0.1, -0.05) is 72.8 Å². The van der Waals surface area contributed by atoms with E-state index in [1.54, 1.807) is 19.3 Å². The zero-order chi connectivity index (χ0) is 22.9. The Balaban J connectivity index is 1.75. The first-order valence-corrected chi connectivity index (χ1v) is 10.9. The minimum Gasteiger partial charge on any atom is -0.495 e. The Kier molecular flexibility index (Phi) is 5.31. The van der Waals surface area contributed by atoms with E-state index < -0.39 is 0 Å². The number of carbonyl (C=O) groups excluding carboxylic acids is 1. The van der Waals surface area contributed by atoms with E-state index in [9.17, 15) is 4.79 Å². The van der Waals surface area contributed by atoms with E-state index >= 15 is 0 Å². The molecule has 5 rings (SSSR count). The van der Waals surface area contributed by atoms with Crippen LogP contribution < -0.4 is 4.74 Å². The molecular formula is C30H24O3. The number of hydrogen-bond acceptors (Lipinski definition) is 3. The lowest BCUT2D eigenvalue weighted by atomic mass is 9.93. The standard InChI is InChI=1S/C30H24O3/c1-19-10-9-11-20(2)22(19)16-17-25(31)24-18-27-29(23-14-7-8-15-26(23)33-27)28(30(24)32-3)21-12-5-4-6-13-21/h4-18H,1-3H3/b17-16+. The lowest BCUT2D eigenvalue weighted by Gasteiger charge is -2.14. The third-order valence-electron chi connectivity index (χ3n) is 6.10. The summed E-state index contributed by atoms with van der Waals surface area (Å²) in [5.41, 5.74) is 7.07. The molecule has 0 aliphatic heterocycles. The summed E-state index contributed by atoms with van der Waals surface area (Å²) in [6, 6.07) is 25.8. The molecule has 0 saturated carbocycles. The number of benzene rings is 4. The number of aryl methyl sites for hydroxylation is 2. The van der Waals surface area contributed by atoms with E-state index in [4.69, 9.17) is 9.15 Å². The largest absolute Gasteiger partial charge is 0.495 e. The van der Waals surface area contributed by atoms with Gasteiger partial charge >= 0.3 is 0 Å². The van der Waals surface area contributed by atoms with Gasteiger partial charge in [0, 0.05) is 16.3 Å². The Hall–Kier alpha value is -4.11. The van der Waals surface area contributed by atoms with Gasteiger partial charge in [0.25, 0.3) is 0 Å². The number of ether oxygens (including phenoxy) is 1. The molecule has 0 atom stereocenters. The van der Waals surface area contributed by atoms with Crippen LogP contribution in [0.1, 0.15) is 27.0 Å². The van der Waals surface area contributed by atoms with E-state index in [1.165, 1.54) is 0 Å². The van der Waals surface area contributed by atoms with Gasteiger partial charge in [-0.2, -0.15) is 0 Å². The number of carbonyl (C=O) groups is 1. The van der Waals surface area contributed by atoms with Crippen molar-refractivity contribution in [1.82, 2.24) is 0 Å². The van der Waals surface area contributed by atoms with Gasteiger partial charge in [-0.15, -0.1) is 0 Å². The molecule has 0 radical (unpaired) electrons. The normalized spacial score (nSPS) is 11.5. The molecule has 0 amide bonds. The molecule has 0 fully saturated rings. The van der Waals surface area contributed by atoms with Crippen LogP contribution in [0.5, 0.6) is 5.75 Å². The monoisotopic (exact) mass is 432 g/mol. The fourth-order valence-electron chi connectivity index (χ4n) is 4.48. The SMILES string of the molecule is COc1c(C(=O)/C=C/c2c(C)cccc2C)cc2oc3ccccc3c2c1-c1ccccc1. The highest BCUT2D eigenvalue weighted by Gasteiger charge is 2.23. The molecule has 162 valence electrons. The van der Waals surface area contributed by atoms with Gasteiger partial charge in [0.05, 0.1) is 12.7 Å². The summed E-state index contributed by atoms with van der Waals surface area (Å²) in [6.07, 6.45) is 3.51. The highest BCUT2D eigenvalue weighted by atomic mass is 16.5. The van der Waals surface area contributed by atoms with Gasteiger partial charge in [0.1, 0.15) is 16.9 Å². The molecular weight excluding hydrogens is 408 g/mol. The van der Waals surface area contributed by atoms with Crippen LogP contribution in [-0.4, -0.2) is 12.9 Å². The predicted molar refractivity (Wildman–Crippen MR) is 135 cm³/mol. The van der Waals surface area contributed by atoms with Gasteiger partial charge in [-0.3, -0.25) is 4.79 Å². The van der Waals surface area contributed by atoms with Crippen molar-refractivity contribution in [3.63, 3.8) is 0 Å². The Labute approximate surface area is 192 Å². The molecule has 3 nitrogen and oxygen atoms in total. The molecule has 33 heavy (non-hydrogen) atoms. The summed E-state index contributed by atoms with van der Waals surface area (Å²) in [5.74, 6) is 0.422. The molecule has 1 heterocycles. The van der Waals surface area contributed by atoms with E-state index in [0.29, 0.717) is 16.9 Å². The van der Waals surface area contributed by atoms with Crippen molar-refractivity contribution in [2.24, 2.45) is 0 Å². The molecule has 0 bridgehead atoms. The van der Waals surface area contributed by atoms with Crippen LogP contribution in [0.25, 0.3) is 39.1 Å². The van der Waals surface area contributed by atoms with Crippen molar-refractivity contribution in [1.29, 1.82) is 0 Å². The minimum absolute atomic E-state index is 0.131. The third kappa shape index (κ3) is 3.62. The van der Waals surface area contributed by atoms with Gasteiger partial charge in [0.15, 0.2) is 5.78 Å². The molecule has 5 aromatic rings. The summed E-state index contributed by atoms with van der Waals surface area (Å²) in [6.45, 7) is 4.09. The maximum absolute atomic E-state index is 13.5. The summed E-state index contributed by atoms with van der Waals surface area (Å²) < 4.78 is 12.1. The topological polar surface area (TPSA) is 39.4 Å². The van der Waals surface area contributed by atoms with E-state index in [-0.39, 0.29) is 5.78 Å². The van der Waals surface area contributed by atoms with Crippen molar-refractivity contribution in [2.75, 3.05) is 7.11 Å². The molecule has 0 saturated heterocycles. The Morgan fingerprint density at radius 1 is 0.848 bits per heavy atom. The van der Waals surface area contributed by atoms with Crippen LogP contribution in [0.4, 0.5) is 0 Å². The van der Waals surface area contributed by atoms with Gasteiger partial charge in [-0.25, -0.2) is 0 Å². The summed E-state index contributed by atoms with van der Waals surface area (Å²) in [5, 5.41) is 1.94. The first-order valence-electron chi connectivity index (χ1n) is 10.9. The number of rotatable bonds is 5. The minimum atomic E-state index is -0.131. The maximum Gasteiger partial charge on any atom is 0.189 e. The summed E-state index contributed by atoms with van der Waals surface area (Å²) >= 11 is 0. The van der Waals surface area contributed by atoms with Crippen LogP contribution in [0.15, 0.2) is 89.4 Å². The number of ketones is 1. The van der Waals surface area contributed by atoms with Crippen LogP contribution in [0, 0.1) is 13.8 Å². The van der Waals surface area contributed by atoms with E-state index in [0.717, 1.165) is 44.2 Å². The molecule has 1 aromatic heterocycles. The van der Waals surface area contributed by atoms with Crippen molar-refractivity contribution in [3.05, 3.63) is 107 Å². The van der Waals surface area contributed by atoms with Crippen molar-refractivity contribution >= 4 is 33.8 Å². The van der Waals surface area contributed by atoms with Crippen LogP contribution in [0.2, 0.25) is 0 Å². The number of para-hydroxylation sites is 1. The number of hydrogen-bond donors (Lipinski definition) is 0. The first-order chi connectivity index (χ1) is 16.1. The second kappa shape index (κ2) is 8.44. The number of fused-ring (bicyclic) bond motifs is 3. The summed E-state index contributed by atoms with van der Waals surface area (Å²) in [4.78, 5) is 13.5. The van der Waals surface area contributed by atoms with Crippen molar-refractivity contribution in [2.45, 2.75) is 13.8 Å².